The van der Waals surface area contributed by atoms with Crippen molar-refractivity contribution in [2.45, 2.75) is 32.2 Å². The van der Waals surface area contributed by atoms with Crippen LogP contribution in [-0.2, 0) is 9.53 Å². The molecule has 14 heavy (non-hydrogen) atoms. The second-order valence-corrected chi connectivity index (χ2v) is 3.63. The van der Waals surface area contributed by atoms with Crippen molar-refractivity contribution >= 4 is 5.91 Å². The third-order valence-electron chi connectivity index (χ3n) is 2.00. The predicted molar refractivity (Wildman–Crippen MR) is 55.1 cm³/mol. The van der Waals surface area contributed by atoms with Gasteiger partial charge in [0.2, 0.25) is 5.91 Å². The van der Waals surface area contributed by atoms with Crippen molar-refractivity contribution in [2.24, 2.45) is 0 Å². The van der Waals surface area contributed by atoms with E-state index in [2.05, 4.69) is 17.6 Å². The molecule has 4 heteroatoms. The Balaban J connectivity index is 1.80. The molecule has 82 valence electrons. The largest absolute Gasteiger partial charge is 0.380 e. The minimum absolute atomic E-state index is 0.1000. The van der Waals surface area contributed by atoms with Gasteiger partial charge in [0.1, 0.15) is 0 Å². The molecule has 1 aliphatic carbocycles. The third-order valence-corrected chi connectivity index (χ3v) is 2.00. The SMILES string of the molecule is CCCOCCNCC(=O)NC1CC1. The van der Waals surface area contributed by atoms with Gasteiger partial charge in [-0.3, -0.25) is 4.79 Å². The van der Waals surface area contributed by atoms with E-state index in [9.17, 15) is 4.79 Å². The van der Waals surface area contributed by atoms with E-state index in [1.807, 2.05) is 0 Å². The lowest BCUT2D eigenvalue weighted by Gasteiger charge is -2.05. The van der Waals surface area contributed by atoms with Crippen molar-refractivity contribution in [1.82, 2.24) is 10.6 Å². The van der Waals surface area contributed by atoms with Gasteiger partial charge in [-0.25, -0.2) is 0 Å². The van der Waals surface area contributed by atoms with Crippen LogP contribution < -0.4 is 10.6 Å². The van der Waals surface area contributed by atoms with Crippen LogP contribution in [0.4, 0.5) is 0 Å². The molecule has 0 saturated heterocycles. The maximum Gasteiger partial charge on any atom is 0.234 e. The van der Waals surface area contributed by atoms with E-state index in [0.717, 1.165) is 32.4 Å². The first-order valence-corrected chi connectivity index (χ1v) is 5.40. The fraction of sp³-hybridized carbons (Fsp3) is 0.900. The standard InChI is InChI=1S/C10H20N2O2/c1-2-6-14-7-5-11-8-10(13)12-9-3-4-9/h9,11H,2-8H2,1H3,(H,12,13). The Morgan fingerprint density at radius 3 is 2.86 bits per heavy atom. The number of hydrogen-bond acceptors (Lipinski definition) is 3. The van der Waals surface area contributed by atoms with Crippen LogP contribution >= 0.6 is 0 Å². The van der Waals surface area contributed by atoms with Crippen LogP contribution in [0.1, 0.15) is 26.2 Å². The van der Waals surface area contributed by atoms with E-state index < -0.39 is 0 Å². The Morgan fingerprint density at radius 2 is 2.21 bits per heavy atom. The Morgan fingerprint density at radius 1 is 1.43 bits per heavy atom. The van der Waals surface area contributed by atoms with Crippen LogP contribution in [0.2, 0.25) is 0 Å². The zero-order valence-corrected chi connectivity index (χ0v) is 8.84. The van der Waals surface area contributed by atoms with E-state index in [1.54, 1.807) is 0 Å². The first-order valence-electron chi connectivity index (χ1n) is 5.40. The maximum absolute atomic E-state index is 11.2. The molecule has 0 aromatic rings. The molecule has 0 unspecified atom stereocenters. The van der Waals surface area contributed by atoms with Crippen molar-refractivity contribution in [3.05, 3.63) is 0 Å². The molecule has 1 aliphatic rings. The zero-order valence-electron chi connectivity index (χ0n) is 8.84. The number of rotatable bonds is 8. The summed E-state index contributed by atoms with van der Waals surface area (Å²) in [5, 5.41) is 5.95. The van der Waals surface area contributed by atoms with Crippen LogP contribution in [-0.4, -0.2) is 38.3 Å². The van der Waals surface area contributed by atoms with Crippen LogP contribution in [0.25, 0.3) is 0 Å². The summed E-state index contributed by atoms with van der Waals surface area (Å²) in [5.41, 5.74) is 0. The summed E-state index contributed by atoms with van der Waals surface area (Å²) < 4.78 is 5.26. The fourth-order valence-electron chi connectivity index (χ4n) is 1.10. The van der Waals surface area contributed by atoms with Crippen LogP contribution in [0.3, 0.4) is 0 Å². The van der Waals surface area contributed by atoms with Crippen LogP contribution in [0.15, 0.2) is 0 Å². The van der Waals surface area contributed by atoms with E-state index in [1.165, 1.54) is 0 Å². The Kier molecular flexibility index (Phi) is 5.56. The highest BCUT2D eigenvalue weighted by molar-refractivity contribution is 5.78. The molecule has 1 saturated carbocycles. The van der Waals surface area contributed by atoms with E-state index >= 15 is 0 Å². The Labute approximate surface area is 85.4 Å². The van der Waals surface area contributed by atoms with Crippen LogP contribution in [0, 0.1) is 0 Å². The van der Waals surface area contributed by atoms with Crippen molar-refractivity contribution in [3.63, 3.8) is 0 Å². The smallest absolute Gasteiger partial charge is 0.234 e. The van der Waals surface area contributed by atoms with Crippen molar-refractivity contribution in [2.75, 3.05) is 26.3 Å². The fourth-order valence-corrected chi connectivity index (χ4v) is 1.10. The first-order chi connectivity index (χ1) is 6.83. The highest BCUT2D eigenvalue weighted by Gasteiger charge is 2.22. The second kappa shape index (κ2) is 6.79. The summed E-state index contributed by atoms with van der Waals surface area (Å²) in [4.78, 5) is 11.2. The molecule has 0 radical (unpaired) electrons. The summed E-state index contributed by atoms with van der Waals surface area (Å²) in [6, 6.07) is 0.459. The second-order valence-electron chi connectivity index (χ2n) is 3.63. The van der Waals surface area contributed by atoms with Crippen molar-refractivity contribution in [1.29, 1.82) is 0 Å². The number of carbonyl (C=O) groups excluding carboxylic acids is 1. The number of carbonyl (C=O) groups is 1. The molecule has 0 spiro atoms. The molecule has 0 aromatic carbocycles. The summed E-state index contributed by atoms with van der Waals surface area (Å²) in [7, 11) is 0. The van der Waals surface area contributed by atoms with E-state index in [-0.39, 0.29) is 5.91 Å². The molecule has 0 atom stereocenters. The Bertz CT molecular complexity index is 170. The van der Waals surface area contributed by atoms with E-state index in [0.29, 0.717) is 19.2 Å². The zero-order chi connectivity index (χ0) is 10.2. The summed E-state index contributed by atoms with van der Waals surface area (Å²) in [6.07, 6.45) is 3.33. The van der Waals surface area contributed by atoms with Gasteiger partial charge in [0.15, 0.2) is 0 Å². The molecule has 4 nitrogen and oxygen atoms in total. The molecule has 2 N–H and O–H groups in total. The average Bonchev–Trinajstić information content (AvgIpc) is 2.95. The van der Waals surface area contributed by atoms with Gasteiger partial charge in [0, 0.05) is 19.2 Å². The number of amides is 1. The molecule has 1 amide bonds. The van der Waals surface area contributed by atoms with E-state index in [4.69, 9.17) is 4.74 Å². The Hall–Kier alpha value is -0.610. The van der Waals surface area contributed by atoms with Crippen molar-refractivity contribution < 1.29 is 9.53 Å². The molecular weight excluding hydrogens is 180 g/mol. The first kappa shape index (κ1) is 11.5. The molecule has 1 rings (SSSR count). The lowest BCUT2D eigenvalue weighted by molar-refractivity contribution is -0.120. The van der Waals surface area contributed by atoms with Gasteiger partial charge in [-0.1, -0.05) is 6.92 Å². The molecule has 0 heterocycles. The average molecular weight is 200 g/mol. The summed E-state index contributed by atoms with van der Waals surface area (Å²) in [6.45, 7) is 4.72. The van der Waals surface area contributed by atoms with Crippen LogP contribution in [0.5, 0.6) is 0 Å². The minimum atomic E-state index is 0.1000. The lowest BCUT2D eigenvalue weighted by atomic mass is 10.5. The predicted octanol–water partition coefficient (Wildman–Crippen LogP) is 0.281. The van der Waals surface area contributed by atoms with Gasteiger partial charge in [-0.15, -0.1) is 0 Å². The van der Waals surface area contributed by atoms with Gasteiger partial charge < -0.3 is 15.4 Å². The molecule has 0 bridgehead atoms. The van der Waals surface area contributed by atoms with Crippen molar-refractivity contribution in [3.8, 4) is 0 Å². The minimum Gasteiger partial charge on any atom is -0.380 e. The summed E-state index contributed by atoms with van der Waals surface area (Å²) in [5.74, 6) is 0.1000. The third kappa shape index (κ3) is 5.94. The quantitative estimate of drug-likeness (QED) is 0.553. The molecule has 1 fully saturated rings. The monoisotopic (exact) mass is 200 g/mol. The van der Waals surface area contributed by atoms with Gasteiger partial charge in [-0.05, 0) is 19.3 Å². The maximum atomic E-state index is 11.2. The van der Waals surface area contributed by atoms with Gasteiger partial charge in [0.05, 0.1) is 13.2 Å². The van der Waals surface area contributed by atoms with Gasteiger partial charge >= 0.3 is 0 Å². The number of hydrogen-bond donors (Lipinski definition) is 2. The van der Waals surface area contributed by atoms with Gasteiger partial charge in [-0.2, -0.15) is 0 Å². The molecular formula is C10H20N2O2. The number of nitrogens with one attached hydrogen (secondary N) is 2. The molecule has 0 aliphatic heterocycles. The molecule has 0 aromatic heterocycles. The van der Waals surface area contributed by atoms with Gasteiger partial charge in [0.25, 0.3) is 0 Å². The topological polar surface area (TPSA) is 50.4 Å². The highest BCUT2D eigenvalue weighted by Crippen LogP contribution is 2.17. The highest BCUT2D eigenvalue weighted by atomic mass is 16.5. The lowest BCUT2D eigenvalue weighted by Crippen LogP contribution is -2.36. The number of ether oxygens (including phenoxy) is 1. The normalized spacial score (nSPS) is 15.5. The summed E-state index contributed by atoms with van der Waals surface area (Å²) >= 11 is 0.